The number of nitrogens with zero attached hydrogens (tertiary/aromatic N) is 3. The molecule has 0 aliphatic carbocycles. The lowest BCUT2D eigenvalue weighted by Crippen LogP contribution is -2.25. The van der Waals surface area contributed by atoms with Gasteiger partial charge in [0.05, 0.1) is 22.2 Å². The fourth-order valence-corrected chi connectivity index (χ4v) is 4.64. The number of esters is 1. The third-order valence-corrected chi connectivity index (χ3v) is 7.01. The molecule has 10 nitrogen and oxygen atoms in total. The molecule has 0 spiro atoms. The van der Waals surface area contributed by atoms with Crippen molar-refractivity contribution in [2.24, 2.45) is 38.7 Å². The van der Waals surface area contributed by atoms with Crippen LogP contribution < -0.4 is 16.3 Å². The van der Waals surface area contributed by atoms with E-state index in [2.05, 4.69) is 15.3 Å². The molecule has 2 atom stereocenters. The highest BCUT2D eigenvalue weighted by Crippen LogP contribution is 2.33. The molecular formula is C29H29Cl2N5O5. The first-order valence-corrected chi connectivity index (χ1v) is 13.4. The number of Topliss-reactive ketones (excluding diaryl/α,β-unsaturated/α-hetero) is 1. The minimum Gasteiger partial charge on any atom is -0.481 e. The zero-order valence-electron chi connectivity index (χ0n) is 22.2. The molecule has 0 saturated carbocycles. The molecule has 0 aromatic heterocycles. The first-order valence-electron chi connectivity index (χ1n) is 12.7. The molecule has 3 aromatic carbocycles. The van der Waals surface area contributed by atoms with E-state index in [9.17, 15) is 19.5 Å². The van der Waals surface area contributed by atoms with Crippen LogP contribution in [0.2, 0.25) is 10.0 Å². The summed E-state index contributed by atoms with van der Waals surface area (Å²) in [5.74, 6) is 1.82. The molecule has 1 unspecified atom stereocenters. The lowest BCUT2D eigenvalue weighted by atomic mass is 9.84. The monoisotopic (exact) mass is 597 g/mol. The van der Waals surface area contributed by atoms with E-state index in [1.165, 1.54) is 36.4 Å². The molecule has 3 aromatic rings. The average molecular weight is 598 g/mol. The van der Waals surface area contributed by atoms with Crippen LogP contribution in [0.4, 0.5) is 5.69 Å². The zero-order chi connectivity index (χ0) is 29.9. The van der Waals surface area contributed by atoms with E-state index in [1.54, 1.807) is 0 Å². The van der Waals surface area contributed by atoms with Crippen LogP contribution >= 0.6 is 23.2 Å². The number of hydrogen-bond acceptors (Lipinski definition) is 6. The number of halogens is 2. The van der Waals surface area contributed by atoms with Crippen LogP contribution in [0.1, 0.15) is 41.3 Å². The molecule has 0 fully saturated rings. The first kappa shape index (κ1) is 31.3. The van der Waals surface area contributed by atoms with Crippen molar-refractivity contribution in [3.05, 3.63) is 93.5 Å². The molecular weight excluding hydrogens is 569 g/mol. The minimum atomic E-state index is -0.947. The highest BCUT2D eigenvalue weighted by atomic mass is 35.5. The molecule has 12 heteroatoms. The second-order valence-electron chi connectivity index (χ2n) is 9.20. The highest BCUT2D eigenvalue weighted by Gasteiger charge is 2.27. The number of carbonyl (C=O) groups is 3. The van der Waals surface area contributed by atoms with Crippen molar-refractivity contribution >= 4 is 52.6 Å². The van der Waals surface area contributed by atoms with Gasteiger partial charge >= 0.3 is 11.9 Å². The van der Waals surface area contributed by atoms with Gasteiger partial charge in [-0.15, -0.1) is 0 Å². The maximum absolute atomic E-state index is 13.2. The third kappa shape index (κ3) is 9.12. The Morgan fingerprint density at radius 3 is 2.27 bits per heavy atom. The van der Waals surface area contributed by atoms with Gasteiger partial charge in [0.25, 0.3) is 0 Å². The number of rotatable bonds is 12. The topological polar surface area (TPSA) is 170 Å². The number of nitrogens with two attached hydrogens (primary N) is 2. The molecule has 0 saturated heterocycles. The van der Waals surface area contributed by atoms with Gasteiger partial charge in [-0.1, -0.05) is 70.8 Å². The van der Waals surface area contributed by atoms with Crippen molar-refractivity contribution in [1.82, 2.24) is 0 Å². The van der Waals surface area contributed by atoms with Gasteiger partial charge in [0.1, 0.15) is 5.78 Å². The molecule has 5 N–H and O–H groups in total. The molecule has 0 heterocycles. The smallest absolute Gasteiger partial charge is 0.343 e. The second kappa shape index (κ2) is 14.9. The number of guanidine groups is 1. The Hall–Kier alpha value is -4.28. The Kier molecular flexibility index (Phi) is 11.4. The van der Waals surface area contributed by atoms with Crippen LogP contribution in [-0.2, 0) is 22.4 Å². The Morgan fingerprint density at radius 2 is 1.66 bits per heavy atom. The molecule has 0 amide bonds. The van der Waals surface area contributed by atoms with Gasteiger partial charge in [-0.05, 0) is 60.7 Å². The number of hydrogen-bond donors (Lipinski definition) is 3. The largest absolute Gasteiger partial charge is 0.481 e. The minimum absolute atomic E-state index is 0.0217. The predicted octanol–water partition coefficient (Wildman–Crippen LogP) is 5.96. The number of carboxylic acid groups (broad SMARTS) is 1. The predicted molar refractivity (Wildman–Crippen MR) is 157 cm³/mol. The van der Waals surface area contributed by atoms with Crippen molar-refractivity contribution < 1.29 is 24.2 Å². The normalized spacial score (nSPS) is 13.1. The van der Waals surface area contributed by atoms with E-state index in [0.717, 1.165) is 5.56 Å². The lowest BCUT2D eigenvalue weighted by molar-refractivity contribution is -0.142. The maximum atomic E-state index is 13.2. The van der Waals surface area contributed by atoms with E-state index in [1.807, 2.05) is 37.3 Å². The standard InChI is InChI=1S/C29H29Cl2N5O5/c1-2-18(13-21(27(38)39)12-17-6-4-3-5-7-17)25(37)15-20-14-24(31)26(16-23(20)30)41-28(40)19-8-10-22(11-9-19)34-29(32)35-36-33/h3-11,14,16,18,21H,2,12-13,15H2,1H3,(H,38,39)(H4,32,33,34,35)/t18?,21-/m1/s1. The number of ether oxygens (including phenoxy) is 1. The van der Waals surface area contributed by atoms with E-state index in [4.69, 9.17) is 39.5 Å². The average Bonchev–Trinajstić information content (AvgIpc) is 2.94. The number of carboxylic acids is 1. The number of carbonyl (C=O) groups excluding carboxylic acids is 2. The second-order valence-corrected chi connectivity index (χ2v) is 10.0. The summed E-state index contributed by atoms with van der Waals surface area (Å²) < 4.78 is 5.42. The summed E-state index contributed by atoms with van der Waals surface area (Å²) in [7, 11) is 0. The van der Waals surface area contributed by atoms with Crippen LogP contribution in [0.15, 0.2) is 82.1 Å². The van der Waals surface area contributed by atoms with Crippen molar-refractivity contribution in [1.29, 1.82) is 0 Å². The fourth-order valence-electron chi connectivity index (χ4n) is 4.20. The van der Waals surface area contributed by atoms with Gasteiger partial charge in [0, 0.05) is 23.4 Å². The summed E-state index contributed by atoms with van der Waals surface area (Å²) in [4.78, 5) is 41.7. The molecule has 0 radical (unpaired) electrons. The summed E-state index contributed by atoms with van der Waals surface area (Å²) in [6, 6.07) is 18.2. The Morgan fingerprint density at radius 1 is 0.976 bits per heavy atom. The van der Waals surface area contributed by atoms with Crippen LogP contribution in [0, 0.1) is 11.8 Å². The van der Waals surface area contributed by atoms with Gasteiger partial charge in [-0.2, -0.15) is 0 Å². The van der Waals surface area contributed by atoms with Crippen molar-refractivity contribution in [3.63, 3.8) is 0 Å². The van der Waals surface area contributed by atoms with E-state index < -0.39 is 23.8 Å². The van der Waals surface area contributed by atoms with E-state index in [-0.39, 0.29) is 45.9 Å². The summed E-state index contributed by atoms with van der Waals surface area (Å²) in [6.07, 6.45) is 0.968. The van der Waals surface area contributed by atoms with Crippen LogP contribution in [0.25, 0.3) is 0 Å². The molecule has 214 valence electrons. The highest BCUT2D eigenvalue weighted by molar-refractivity contribution is 6.35. The quantitative estimate of drug-likeness (QED) is 0.0439. The summed E-state index contributed by atoms with van der Waals surface area (Å²) in [5, 5.41) is 16.5. The molecule has 41 heavy (non-hydrogen) atoms. The molecule has 0 bridgehead atoms. The van der Waals surface area contributed by atoms with Gasteiger partial charge in [0.15, 0.2) is 5.75 Å². The van der Waals surface area contributed by atoms with Crippen LogP contribution in [-0.4, -0.2) is 28.8 Å². The number of ketones is 1. The zero-order valence-corrected chi connectivity index (χ0v) is 23.7. The van der Waals surface area contributed by atoms with Crippen molar-refractivity contribution in [2.75, 3.05) is 0 Å². The Bertz CT molecular complexity index is 1450. The third-order valence-electron chi connectivity index (χ3n) is 6.37. The summed E-state index contributed by atoms with van der Waals surface area (Å²) >= 11 is 12.8. The van der Waals surface area contributed by atoms with Gasteiger partial charge in [0.2, 0.25) is 5.96 Å². The summed E-state index contributed by atoms with van der Waals surface area (Å²) in [5.41, 5.74) is 7.49. The van der Waals surface area contributed by atoms with Crippen LogP contribution in [0.5, 0.6) is 5.75 Å². The SMILES string of the molecule is CCC(C[C@@H](Cc1ccccc1)C(=O)O)C(=O)Cc1cc(Cl)c(OC(=O)c2ccc(N=C(N)N=NN)cc2)cc1Cl. The number of aliphatic imine (C=N–C) groups is 1. The van der Waals surface area contributed by atoms with Gasteiger partial charge in [-0.25, -0.2) is 9.79 Å². The molecule has 0 aliphatic rings. The van der Waals surface area contributed by atoms with Crippen molar-refractivity contribution in [3.8, 4) is 5.75 Å². The van der Waals surface area contributed by atoms with Crippen LogP contribution in [0.3, 0.4) is 0 Å². The van der Waals surface area contributed by atoms with E-state index in [0.29, 0.717) is 24.1 Å². The van der Waals surface area contributed by atoms with Gasteiger partial charge < -0.3 is 21.4 Å². The molecule has 3 rings (SSSR count). The first-order chi connectivity index (χ1) is 19.6. The number of aliphatic carboxylic acids is 1. The van der Waals surface area contributed by atoms with E-state index >= 15 is 0 Å². The fraction of sp³-hybridized carbons (Fsp3) is 0.241. The maximum Gasteiger partial charge on any atom is 0.343 e. The Balaban J connectivity index is 1.68. The van der Waals surface area contributed by atoms with Crippen molar-refractivity contribution in [2.45, 2.75) is 32.6 Å². The number of benzene rings is 3. The van der Waals surface area contributed by atoms with Gasteiger partial charge in [-0.3, -0.25) is 9.59 Å². The Labute approximate surface area is 247 Å². The molecule has 0 aliphatic heterocycles. The lowest BCUT2D eigenvalue weighted by Gasteiger charge is -2.20. The summed E-state index contributed by atoms with van der Waals surface area (Å²) in [6.45, 7) is 1.85.